The first kappa shape index (κ1) is 18.7. The second-order valence-corrected chi connectivity index (χ2v) is 6.64. The quantitative estimate of drug-likeness (QED) is 0.417. The lowest BCUT2D eigenvalue weighted by Crippen LogP contribution is -2.05. The van der Waals surface area contributed by atoms with E-state index >= 15 is 0 Å². The first-order valence-electron chi connectivity index (χ1n) is 9.54. The van der Waals surface area contributed by atoms with E-state index in [2.05, 4.69) is 25.3 Å². The second-order valence-electron chi connectivity index (χ2n) is 6.64. The van der Waals surface area contributed by atoms with Gasteiger partial charge in [0.2, 0.25) is 0 Å². The van der Waals surface area contributed by atoms with Gasteiger partial charge in [0.05, 0.1) is 25.4 Å². The molecule has 0 saturated heterocycles. The van der Waals surface area contributed by atoms with Gasteiger partial charge in [-0.15, -0.1) is 10.2 Å². The molecule has 4 heterocycles. The van der Waals surface area contributed by atoms with Crippen LogP contribution < -0.4 is 14.2 Å². The number of fused-ring (bicyclic) bond motifs is 2. The number of aromatic nitrogens is 6. The van der Waals surface area contributed by atoms with E-state index in [-0.39, 0.29) is 6.61 Å². The van der Waals surface area contributed by atoms with Crippen molar-refractivity contribution in [2.45, 2.75) is 6.61 Å². The molecule has 0 aliphatic heterocycles. The van der Waals surface area contributed by atoms with Crippen molar-refractivity contribution in [2.24, 2.45) is 0 Å². The topological polar surface area (TPSA) is 96.6 Å². The maximum absolute atomic E-state index is 6.03. The molecule has 1 aromatic carbocycles. The minimum Gasteiger partial charge on any atom is -0.491 e. The molecule has 0 spiro atoms. The molecular weight excluding hydrogens is 396 g/mol. The molecule has 5 rings (SSSR count). The zero-order valence-corrected chi connectivity index (χ0v) is 16.9. The minimum atomic E-state index is 0.154. The normalized spacial score (nSPS) is 11.0. The van der Waals surface area contributed by atoms with Gasteiger partial charge in [-0.1, -0.05) is 30.3 Å². The van der Waals surface area contributed by atoms with Gasteiger partial charge in [0.1, 0.15) is 17.9 Å². The summed E-state index contributed by atoms with van der Waals surface area (Å²) in [6.45, 7) is 0.154. The fraction of sp³-hybridized carbons (Fsp3) is 0.136. The van der Waals surface area contributed by atoms with Crippen LogP contribution in [0.25, 0.3) is 27.9 Å². The van der Waals surface area contributed by atoms with E-state index in [9.17, 15) is 0 Å². The van der Waals surface area contributed by atoms with Crippen LogP contribution >= 0.6 is 0 Å². The lowest BCUT2D eigenvalue weighted by molar-refractivity contribution is 0.294. The molecule has 0 amide bonds. The van der Waals surface area contributed by atoms with Crippen LogP contribution in [0.3, 0.4) is 0 Å². The molecule has 0 radical (unpaired) electrons. The van der Waals surface area contributed by atoms with Crippen LogP contribution in [0.15, 0.2) is 60.8 Å². The minimum absolute atomic E-state index is 0.154. The lowest BCUT2D eigenvalue weighted by atomic mass is 10.1. The van der Waals surface area contributed by atoms with Crippen LogP contribution in [-0.2, 0) is 6.61 Å². The monoisotopic (exact) mass is 414 g/mol. The highest BCUT2D eigenvalue weighted by atomic mass is 16.5. The van der Waals surface area contributed by atoms with Gasteiger partial charge in [-0.3, -0.25) is 4.98 Å². The Morgan fingerprint density at radius 2 is 1.77 bits per heavy atom. The number of hydrogen-bond acceptors (Lipinski definition) is 8. The van der Waals surface area contributed by atoms with E-state index in [1.807, 2.05) is 42.5 Å². The maximum Gasteiger partial charge on any atom is 0.257 e. The summed E-state index contributed by atoms with van der Waals surface area (Å²) in [5.74, 6) is 1.97. The van der Waals surface area contributed by atoms with Crippen molar-refractivity contribution in [1.82, 2.24) is 29.8 Å². The highest BCUT2D eigenvalue weighted by Gasteiger charge is 2.14. The van der Waals surface area contributed by atoms with Crippen molar-refractivity contribution >= 4 is 16.7 Å². The van der Waals surface area contributed by atoms with Crippen molar-refractivity contribution in [3.63, 3.8) is 0 Å². The Kier molecular flexibility index (Phi) is 4.75. The third-order valence-electron chi connectivity index (χ3n) is 4.77. The van der Waals surface area contributed by atoms with Gasteiger partial charge in [0.15, 0.2) is 17.2 Å². The van der Waals surface area contributed by atoms with Crippen LogP contribution in [0.1, 0.15) is 5.82 Å². The molecule has 0 aliphatic carbocycles. The van der Waals surface area contributed by atoms with Gasteiger partial charge >= 0.3 is 0 Å². The van der Waals surface area contributed by atoms with Crippen LogP contribution in [-0.4, -0.2) is 44.0 Å². The average Bonchev–Trinajstić information content (AvgIpc) is 3.24. The highest BCUT2D eigenvalue weighted by molar-refractivity contribution is 5.82. The zero-order chi connectivity index (χ0) is 21.2. The molecule has 0 N–H and O–H groups in total. The fourth-order valence-corrected chi connectivity index (χ4v) is 3.25. The molecule has 31 heavy (non-hydrogen) atoms. The molecule has 0 bridgehead atoms. The van der Waals surface area contributed by atoms with Crippen molar-refractivity contribution in [3.05, 3.63) is 66.6 Å². The van der Waals surface area contributed by atoms with E-state index in [1.165, 1.54) is 7.11 Å². The van der Waals surface area contributed by atoms with E-state index in [1.54, 1.807) is 30.0 Å². The van der Waals surface area contributed by atoms with E-state index in [4.69, 9.17) is 14.2 Å². The Bertz CT molecular complexity index is 1370. The number of hydrogen-bond donors (Lipinski definition) is 0. The molecule has 154 valence electrons. The number of methoxy groups -OCH3 is 2. The molecule has 0 unspecified atom stereocenters. The predicted molar refractivity (Wildman–Crippen MR) is 113 cm³/mol. The van der Waals surface area contributed by atoms with Crippen LogP contribution in [0.4, 0.5) is 0 Å². The van der Waals surface area contributed by atoms with Crippen molar-refractivity contribution < 1.29 is 14.2 Å². The van der Waals surface area contributed by atoms with Gasteiger partial charge in [-0.05, 0) is 12.1 Å². The Hall–Kier alpha value is -4.27. The van der Waals surface area contributed by atoms with Crippen molar-refractivity contribution in [2.75, 3.05) is 14.2 Å². The average molecular weight is 414 g/mol. The molecule has 0 fully saturated rings. The molecular formula is C22H18N6O3. The number of rotatable bonds is 6. The summed E-state index contributed by atoms with van der Waals surface area (Å²) in [6.07, 6.45) is 1.65. The van der Waals surface area contributed by atoms with Gasteiger partial charge in [0, 0.05) is 23.9 Å². The molecule has 9 nitrogen and oxygen atoms in total. The Balaban J connectivity index is 1.48. The van der Waals surface area contributed by atoms with E-state index in [0.717, 1.165) is 11.3 Å². The van der Waals surface area contributed by atoms with E-state index < -0.39 is 0 Å². The molecule has 0 aliphatic rings. The Morgan fingerprint density at radius 3 is 2.58 bits per heavy atom. The molecule has 9 heteroatoms. The van der Waals surface area contributed by atoms with Gasteiger partial charge in [0.25, 0.3) is 5.88 Å². The fourth-order valence-electron chi connectivity index (χ4n) is 3.25. The second kappa shape index (κ2) is 7.86. The standard InChI is InChI=1S/C22H18N6O3/c1-29-18-12-16-21(24-22(18)30-2)17(10-11-23-16)31-13-20-26-25-19-9-8-15(27-28(19)20)14-6-4-3-5-7-14/h3-12H,13H2,1-2H3. The Morgan fingerprint density at radius 1 is 0.903 bits per heavy atom. The summed E-state index contributed by atoms with van der Waals surface area (Å²) >= 11 is 0. The lowest BCUT2D eigenvalue weighted by Gasteiger charge is -2.11. The number of pyridine rings is 2. The van der Waals surface area contributed by atoms with Gasteiger partial charge in [-0.25, -0.2) is 4.98 Å². The first-order valence-corrected chi connectivity index (χ1v) is 9.54. The SMILES string of the molecule is COc1cc2nccc(OCc3nnc4ccc(-c5ccccc5)nn34)c2nc1OC. The smallest absolute Gasteiger partial charge is 0.257 e. The summed E-state index contributed by atoms with van der Waals surface area (Å²) in [5, 5.41) is 13.1. The van der Waals surface area contributed by atoms with Gasteiger partial charge in [-0.2, -0.15) is 9.61 Å². The van der Waals surface area contributed by atoms with Crippen LogP contribution in [0.5, 0.6) is 17.4 Å². The highest BCUT2D eigenvalue weighted by Crippen LogP contribution is 2.32. The molecule has 0 saturated carbocycles. The zero-order valence-electron chi connectivity index (χ0n) is 16.9. The summed E-state index contributed by atoms with van der Waals surface area (Å²) in [5.41, 5.74) is 3.66. The van der Waals surface area contributed by atoms with Crippen molar-refractivity contribution in [1.29, 1.82) is 0 Å². The largest absolute Gasteiger partial charge is 0.491 e. The number of ether oxygens (including phenoxy) is 3. The number of benzene rings is 1. The van der Waals surface area contributed by atoms with Crippen LogP contribution in [0.2, 0.25) is 0 Å². The molecule has 0 atom stereocenters. The van der Waals surface area contributed by atoms with Crippen LogP contribution in [0, 0.1) is 0 Å². The van der Waals surface area contributed by atoms with Gasteiger partial charge < -0.3 is 14.2 Å². The maximum atomic E-state index is 6.03. The van der Waals surface area contributed by atoms with Crippen molar-refractivity contribution in [3.8, 4) is 28.6 Å². The summed E-state index contributed by atoms with van der Waals surface area (Å²) in [7, 11) is 3.09. The number of nitrogens with zero attached hydrogens (tertiary/aromatic N) is 6. The molecule has 4 aromatic heterocycles. The van der Waals surface area contributed by atoms with E-state index in [0.29, 0.717) is 39.9 Å². The summed E-state index contributed by atoms with van der Waals surface area (Å²) in [6, 6.07) is 17.2. The molecule has 5 aromatic rings. The summed E-state index contributed by atoms with van der Waals surface area (Å²) in [4.78, 5) is 8.83. The third-order valence-corrected chi connectivity index (χ3v) is 4.77. The summed E-state index contributed by atoms with van der Waals surface area (Å²) < 4.78 is 18.3. The predicted octanol–water partition coefficient (Wildman–Crippen LogP) is 3.33. The third kappa shape index (κ3) is 3.46. The first-order chi connectivity index (χ1) is 15.3. The Labute approximate surface area is 177 Å².